The lowest BCUT2D eigenvalue weighted by Gasteiger charge is -2.19. The van der Waals surface area contributed by atoms with Crippen molar-refractivity contribution in [1.82, 2.24) is 9.91 Å². The van der Waals surface area contributed by atoms with Gasteiger partial charge >= 0.3 is 0 Å². The molecule has 0 amide bonds. The lowest BCUT2D eigenvalue weighted by molar-refractivity contribution is 0.466. The van der Waals surface area contributed by atoms with Crippen LogP contribution in [0.25, 0.3) is 0 Å². The van der Waals surface area contributed by atoms with Crippen molar-refractivity contribution in [2.45, 2.75) is 17.2 Å². The summed E-state index contributed by atoms with van der Waals surface area (Å²) in [5.74, 6) is -0.443. The van der Waals surface area contributed by atoms with Gasteiger partial charge in [0.15, 0.2) is 5.96 Å². The molecule has 1 aliphatic heterocycles. The molecule has 39 heavy (non-hydrogen) atoms. The largest absolute Gasteiger partial charge is 0.369 e. The van der Waals surface area contributed by atoms with Crippen LogP contribution in [-0.2, 0) is 10.0 Å². The number of sulfonamides is 1. The Morgan fingerprint density at radius 2 is 1.69 bits per heavy atom. The standard InChI is InChI=1S/C27H25Cl2N7O2S/c1-35(17-5-16-30)26(31)32-27(34-39(37,38)23-14-12-22(29)13-15-23)36-18-24(19-6-3-2-4-7-19)25(33-36)20-8-10-21(28)11-9-20/h2-4,6-15,24H,5,17-18H2,1H3,(H2,31,32,34). The normalized spacial score (nSPS) is 16.1. The molecular weight excluding hydrogens is 557 g/mol. The van der Waals surface area contributed by atoms with Crippen LogP contribution < -0.4 is 5.73 Å². The molecule has 200 valence electrons. The van der Waals surface area contributed by atoms with Crippen molar-refractivity contribution < 1.29 is 8.42 Å². The van der Waals surface area contributed by atoms with E-state index in [-0.39, 0.29) is 35.7 Å². The number of rotatable bonds is 6. The summed E-state index contributed by atoms with van der Waals surface area (Å²) in [4.78, 5) is 5.85. The van der Waals surface area contributed by atoms with E-state index in [0.717, 1.165) is 11.1 Å². The zero-order valence-electron chi connectivity index (χ0n) is 20.9. The van der Waals surface area contributed by atoms with Crippen molar-refractivity contribution in [1.29, 1.82) is 5.26 Å². The highest BCUT2D eigenvalue weighted by Gasteiger charge is 2.33. The number of halogens is 2. The van der Waals surface area contributed by atoms with Crippen LogP contribution in [0.1, 0.15) is 23.5 Å². The van der Waals surface area contributed by atoms with Gasteiger partial charge in [0, 0.05) is 29.6 Å². The molecule has 1 atom stereocenters. The zero-order chi connectivity index (χ0) is 28.0. The fourth-order valence-corrected chi connectivity index (χ4v) is 5.05. The maximum atomic E-state index is 13.3. The van der Waals surface area contributed by atoms with Gasteiger partial charge < -0.3 is 10.6 Å². The zero-order valence-corrected chi connectivity index (χ0v) is 23.3. The first-order chi connectivity index (χ1) is 18.7. The van der Waals surface area contributed by atoms with Gasteiger partial charge in [-0.2, -0.15) is 23.8 Å². The van der Waals surface area contributed by atoms with Gasteiger partial charge in [0.05, 0.1) is 29.6 Å². The van der Waals surface area contributed by atoms with Gasteiger partial charge in [0.25, 0.3) is 16.0 Å². The average molecular weight is 583 g/mol. The lowest BCUT2D eigenvalue weighted by atomic mass is 9.91. The molecule has 3 aromatic rings. The summed E-state index contributed by atoms with van der Waals surface area (Å²) in [5.41, 5.74) is 8.69. The fraction of sp³-hybridized carbons (Fsp3) is 0.185. The smallest absolute Gasteiger partial charge is 0.285 e. The maximum absolute atomic E-state index is 13.3. The van der Waals surface area contributed by atoms with Crippen LogP contribution >= 0.6 is 23.2 Å². The van der Waals surface area contributed by atoms with E-state index in [2.05, 4.69) is 9.39 Å². The summed E-state index contributed by atoms with van der Waals surface area (Å²) in [6.45, 7) is 0.560. The second-order valence-electron chi connectivity index (χ2n) is 8.66. The summed E-state index contributed by atoms with van der Waals surface area (Å²) in [6, 6.07) is 24.7. The summed E-state index contributed by atoms with van der Waals surface area (Å²) < 4.78 is 30.6. The van der Waals surface area contributed by atoms with Gasteiger partial charge in [0.2, 0.25) is 0 Å². The lowest BCUT2D eigenvalue weighted by Crippen LogP contribution is -2.37. The van der Waals surface area contributed by atoms with E-state index in [1.54, 1.807) is 24.1 Å². The number of hydrazone groups is 1. The van der Waals surface area contributed by atoms with E-state index in [4.69, 9.17) is 39.3 Å². The Morgan fingerprint density at radius 3 is 2.31 bits per heavy atom. The molecule has 0 radical (unpaired) electrons. The molecule has 0 aliphatic carbocycles. The molecule has 1 unspecified atom stereocenters. The second kappa shape index (κ2) is 12.3. The topological polar surface area (TPSA) is 128 Å². The third-order valence-corrected chi connectivity index (χ3v) is 7.74. The van der Waals surface area contributed by atoms with Gasteiger partial charge in [-0.05, 0) is 47.5 Å². The van der Waals surface area contributed by atoms with Crippen molar-refractivity contribution in [2.75, 3.05) is 20.1 Å². The van der Waals surface area contributed by atoms with Crippen LogP contribution in [0.2, 0.25) is 10.0 Å². The van der Waals surface area contributed by atoms with Crippen LogP contribution in [0.4, 0.5) is 0 Å². The van der Waals surface area contributed by atoms with Gasteiger partial charge in [-0.25, -0.2) is 5.01 Å². The van der Waals surface area contributed by atoms with E-state index < -0.39 is 10.0 Å². The van der Waals surface area contributed by atoms with Crippen molar-refractivity contribution in [3.05, 3.63) is 100 Å². The summed E-state index contributed by atoms with van der Waals surface area (Å²) in [7, 11) is -2.55. The first kappa shape index (κ1) is 28.1. The SMILES string of the molecule is CN(CCC#N)/C(N)=N/C(=N/S(=O)(=O)c1ccc(Cl)cc1)N1CC(c2ccccc2)C(c2ccc(Cl)cc2)=N1. The Kier molecular flexibility index (Phi) is 8.86. The minimum absolute atomic E-state index is 0.0123. The average Bonchev–Trinajstić information content (AvgIpc) is 3.38. The van der Waals surface area contributed by atoms with Crippen LogP contribution in [0, 0.1) is 11.3 Å². The van der Waals surface area contributed by atoms with Crippen molar-refractivity contribution in [3.63, 3.8) is 0 Å². The Bertz CT molecular complexity index is 1550. The summed E-state index contributed by atoms with van der Waals surface area (Å²) >= 11 is 12.1. The number of nitrogens with two attached hydrogens (primary N) is 1. The van der Waals surface area contributed by atoms with Crippen LogP contribution in [-0.4, -0.2) is 56.1 Å². The number of nitriles is 1. The monoisotopic (exact) mass is 581 g/mol. The molecule has 0 saturated heterocycles. The number of nitrogens with zero attached hydrogens (tertiary/aromatic N) is 6. The van der Waals surface area contributed by atoms with E-state index in [1.807, 2.05) is 48.5 Å². The summed E-state index contributed by atoms with van der Waals surface area (Å²) in [5, 5.41) is 16.1. The van der Waals surface area contributed by atoms with Crippen LogP contribution in [0.15, 0.2) is 98.2 Å². The highest BCUT2D eigenvalue weighted by Crippen LogP contribution is 2.30. The highest BCUT2D eigenvalue weighted by atomic mass is 35.5. The number of hydrogen-bond acceptors (Lipinski definition) is 4. The van der Waals surface area contributed by atoms with Gasteiger partial charge in [-0.15, -0.1) is 4.40 Å². The predicted octanol–water partition coefficient (Wildman–Crippen LogP) is 4.70. The van der Waals surface area contributed by atoms with Gasteiger partial charge in [0.1, 0.15) is 0 Å². The third kappa shape index (κ3) is 6.95. The molecule has 3 aromatic carbocycles. The number of hydrogen-bond donors (Lipinski definition) is 1. The van der Waals surface area contributed by atoms with E-state index >= 15 is 0 Å². The van der Waals surface area contributed by atoms with Crippen LogP contribution in [0.3, 0.4) is 0 Å². The Morgan fingerprint density at radius 1 is 1.08 bits per heavy atom. The fourth-order valence-electron chi connectivity index (χ4n) is 3.87. The summed E-state index contributed by atoms with van der Waals surface area (Å²) in [6.07, 6.45) is 0.209. The highest BCUT2D eigenvalue weighted by molar-refractivity contribution is 7.90. The molecule has 9 nitrogen and oxygen atoms in total. The minimum Gasteiger partial charge on any atom is -0.369 e. The van der Waals surface area contributed by atoms with Crippen molar-refractivity contribution in [2.24, 2.45) is 20.2 Å². The minimum atomic E-state index is -4.20. The van der Waals surface area contributed by atoms with Crippen molar-refractivity contribution in [3.8, 4) is 6.07 Å². The molecule has 1 heterocycles. The third-order valence-electron chi connectivity index (χ3n) is 5.96. The maximum Gasteiger partial charge on any atom is 0.285 e. The molecule has 0 saturated carbocycles. The Hall–Kier alpha value is -3.91. The second-order valence-corrected chi connectivity index (χ2v) is 11.1. The van der Waals surface area contributed by atoms with Crippen LogP contribution in [0.5, 0.6) is 0 Å². The quantitative estimate of drug-likeness (QED) is 0.332. The molecule has 12 heteroatoms. The molecule has 4 rings (SSSR count). The molecule has 0 spiro atoms. The number of benzene rings is 3. The van der Waals surface area contributed by atoms with Gasteiger partial charge in [-0.1, -0.05) is 65.7 Å². The number of guanidine groups is 2. The molecule has 0 fully saturated rings. The van der Waals surface area contributed by atoms with Crippen molar-refractivity contribution >= 4 is 50.9 Å². The Labute approximate surface area is 237 Å². The molecule has 1 aliphatic rings. The van der Waals surface area contributed by atoms with E-state index in [0.29, 0.717) is 22.3 Å². The van der Waals surface area contributed by atoms with Gasteiger partial charge in [-0.3, -0.25) is 0 Å². The first-order valence-electron chi connectivity index (χ1n) is 11.9. The number of aliphatic imine (C=N–C) groups is 1. The molecule has 0 aromatic heterocycles. The molecular formula is C27H25Cl2N7O2S. The van der Waals surface area contributed by atoms with E-state index in [9.17, 15) is 8.42 Å². The molecule has 2 N–H and O–H groups in total. The predicted molar refractivity (Wildman–Crippen MR) is 154 cm³/mol. The first-order valence-corrected chi connectivity index (χ1v) is 14.1. The van der Waals surface area contributed by atoms with E-state index in [1.165, 1.54) is 29.3 Å². The Balaban J connectivity index is 1.82. The molecule has 0 bridgehead atoms.